The highest BCUT2D eigenvalue weighted by atomic mass is 31.2. The van der Waals surface area contributed by atoms with Gasteiger partial charge in [-0.05, 0) is 12.8 Å². The molecule has 0 aromatic heterocycles. The molecule has 0 aliphatic heterocycles. The molecule has 0 aliphatic carbocycles. The second-order valence-corrected chi connectivity index (χ2v) is 14.4. The van der Waals surface area contributed by atoms with Gasteiger partial charge in [0.25, 0.3) is 0 Å². The molecule has 0 saturated carbocycles. The third-order valence-corrected chi connectivity index (χ3v) is 9.27. The van der Waals surface area contributed by atoms with Crippen LogP contribution in [-0.2, 0) is 27.9 Å². The molecule has 0 fully saturated rings. The molecule has 0 radical (unpaired) electrons. The van der Waals surface area contributed by atoms with E-state index in [0.29, 0.717) is 12.8 Å². The first kappa shape index (κ1) is 45.0. The topological polar surface area (TPSA) is 131 Å². The first-order valence-electron chi connectivity index (χ1n) is 19.0. The summed E-state index contributed by atoms with van der Waals surface area (Å²) in [6, 6.07) is 0. The number of hydrogen-bond donors (Lipinski definition) is 3. The Balaban J connectivity index is 3.55. The van der Waals surface area contributed by atoms with Crippen molar-refractivity contribution in [2.45, 2.75) is 193 Å². The molecule has 0 aromatic rings. The number of carbonyl (C=O) groups is 2. The van der Waals surface area contributed by atoms with E-state index >= 15 is 0 Å². The van der Waals surface area contributed by atoms with Gasteiger partial charge in [0.2, 0.25) is 5.91 Å². The minimum atomic E-state index is -4.39. The van der Waals surface area contributed by atoms with Crippen molar-refractivity contribution in [1.29, 1.82) is 0 Å². The van der Waals surface area contributed by atoms with Gasteiger partial charge < -0.3 is 20.1 Å². The average Bonchev–Trinajstić information content (AvgIpc) is 3.04. The molecule has 2 unspecified atom stereocenters. The van der Waals surface area contributed by atoms with Gasteiger partial charge in [-0.15, -0.1) is 0 Å². The van der Waals surface area contributed by atoms with E-state index in [1.807, 2.05) is 0 Å². The predicted molar refractivity (Wildman–Crippen MR) is 188 cm³/mol. The molecule has 2 atom stereocenters. The number of esters is 1. The van der Waals surface area contributed by atoms with Crippen molar-refractivity contribution in [3.05, 3.63) is 0 Å². The van der Waals surface area contributed by atoms with Gasteiger partial charge in [-0.3, -0.25) is 18.6 Å². The van der Waals surface area contributed by atoms with Crippen LogP contribution in [0.3, 0.4) is 0 Å². The third kappa shape index (κ3) is 34.3. The number of hydrogen-bond acceptors (Lipinski definition) is 7. The van der Waals surface area contributed by atoms with Crippen LogP contribution in [0.15, 0.2) is 0 Å². The fourth-order valence-corrected chi connectivity index (χ4v) is 6.14. The fraction of sp³-hybridized carbons (Fsp3) is 0.944. The van der Waals surface area contributed by atoms with E-state index in [9.17, 15) is 24.2 Å². The summed E-state index contributed by atoms with van der Waals surface area (Å²) in [5.74, 6) is -0.515. The molecule has 1 amide bonds. The molecule has 0 rings (SSSR count). The van der Waals surface area contributed by atoms with Crippen molar-refractivity contribution in [3.63, 3.8) is 0 Å². The molecule has 0 spiro atoms. The number of phosphoric ester groups is 1. The molecule has 0 bridgehead atoms. The van der Waals surface area contributed by atoms with Crippen molar-refractivity contribution in [1.82, 2.24) is 5.32 Å². The van der Waals surface area contributed by atoms with E-state index in [2.05, 4.69) is 19.2 Å². The van der Waals surface area contributed by atoms with Crippen LogP contribution in [-0.4, -0.2) is 54.3 Å². The van der Waals surface area contributed by atoms with Crippen LogP contribution in [0, 0.1) is 0 Å². The first-order chi connectivity index (χ1) is 22.3. The Labute approximate surface area is 282 Å². The number of aliphatic hydroxyl groups excluding tert-OH is 1. The summed E-state index contributed by atoms with van der Waals surface area (Å²) in [6.07, 6.45) is 30.5. The van der Waals surface area contributed by atoms with Gasteiger partial charge in [-0.1, -0.05) is 162 Å². The van der Waals surface area contributed by atoms with Crippen molar-refractivity contribution in [2.75, 3.05) is 26.4 Å². The summed E-state index contributed by atoms with van der Waals surface area (Å²) in [7, 11) is -4.39. The Morgan fingerprint density at radius 3 is 1.41 bits per heavy atom. The summed E-state index contributed by atoms with van der Waals surface area (Å²) < 4.78 is 26.7. The molecule has 46 heavy (non-hydrogen) atoms. The maximum atomic E-state index is 12.0. The highest BCUT2D eigenvalue weighted by Crippen LogP contribution is 2.42. The zero-order valence-electron chi connectivity index (χ0n) is 29.8. The van der Waals surface area contributed by atoms with Crippen LogP contribution in [0.1, 0.15) is 187 Å². The lowest BCUT2D eigenvalue weighted by molar-refractivity contribution is -0.147. The van der Waals surface area contributed by atoms with Gasteiger partial charge in [-0.2, -0.15) is 0 Å². The maximum absolute atomic E-state index is 12.0. The minimum absolute atomic E-state index is 0.0862. The quantitative estimate of drug-likeness (QED) is 0.0339. The summed E-state index contributed by atoms with van der Waals surface area (Å²) in [6.45, 7) is 3.52. The summed E-state index contributed by atoms with van der Waals surface area (Å²) in [5, 5.41) is 12.6. The molecule has 274 valence electrons. The molecule has 10 heteroatoms. The number of amides is 1. The molecular formula is C36H72NO8P. The normalized spacial score (nSPS) is 13.4. The van der Waals surface area contributed by atoms with Crippen LogP contribution >= 0.6 is 7.82 Å². The molecule has 0 aromatic carbocycles. The summed E-state index contributed by atoms with van der Waals surface area (Å²) in [4.78, 5) is 33.6. The Bertz CT molecular complexity index is 739. The average molecular weight is 678 g/mol. The Kier molecular flexibility index (Phi) is 33.2. The minimum Gasteiger partial charge on any atom is -0.463 e. The molecule has 3 N–H and O–H groups in total. The third-order valence-electron chi connectivity index (χ3n) is 8.29. The van der Waals surface area contributed by atoms with Gasteiger partial charge in [0.05, 0.1) is 13.2 Å². The van der Waals surface area contributed by atoms with Crippen LogP contribution < -0.4 is 5.32 Å². The van der Waals surface area contributed by atoms with Gasteiger partial charge in [0.1, 0.15) is 12.7 Å². The van der Waals surface area contributed by atoms with E-state index in [-0.39, 0.29) is 25.7 Å². The van der Waals surface area contributed by atoms with Crippen LogP contribution in [0.25, 0.3) is 0 Å². The Morgan fingerprint density at radius 1 is 0.587 bits per heavy atom. The zero-order valence-corrected chi connectivity index (χ0v) is 30.7. The van der Waals surface area contributed by atoms with E-state index in [1.165, 1.54) is 122 Å². The van der Waals surface area contributed by atoms with Crippen LogP contribution in [0.2, 0.25) is 0 Å². The lowest BCUT2D eigenvalue weighted by Crippen LogP contribution is -2.27. The fourth-order valence-electron chi connectivity index (χ4n) is 5.38. The summed E-state index contributed by atoms with van der Waals surface area (Å²) in [5.41, 5.74) is 0. The monoisotopic (exact) mass is 677 g/mol. The molecular weight excluding hydrogens is 605 g/mol. The van der Waals surface area contributed by atoms with E-state index < -0.39 is 26.5 Å². The second-order valence-electron chi connectivity index (χ2n) is 12.9. The lowest BCUT2D eigenvalue weighted by atomic mass is 10.0. The SMILES string of the molecule is CCCCCCCCCCCCCCCCCCCCC(=O)OCC(O)COP(=O)(O)OCCNC(=O)CCCCCCCCC. The standard InChI is InChI=1S/C36H72NO8P/c1-3-5-7-9-11-12-13-14-15-16-17-18-19-20-21-23-25-27-29-36(40)43-32-34(38)33-45-46(41,42)44-31-30-37-35(39)28-26-24-22-10-8-6-4-2/h34,38H,3-33H2,1-2H3,(H,37,39)(H,41,42). The number of aliphatic hydroxyl groups is 1. The van der Waals surface area contributed by atoms with Crippen molar-refractivity contribution in [2.24, 2.45) is 0 Å². The van der Waals surface area contributed by atoms with E-state index in [1.54, 1.807) is 0 Å². The van der Waals surface area contributed by atoms with Gasteiger partial charge in [0, 0.05) is 19.4 Å². The number of ether oxygens (including phenoxy) is 1. The summed E-state index contributed by atoms with van der Waals surface area (Å²) >= 11 is 0. The van der Waals surface area contributed by atoms with Crippen molar-refractivity contribution in [3.8, 4) is 0 Å². The highest BCUT2D eigenvalue weighted by molar-refractivity contribution is 7.47. The van der Waals surface area contributed by atoms with E-state index in [4.69, 9.17) is 13.8 Å². The van der Waals surface area contributed by atoms with E-state index in [0.717, 1.165) is 38.5 Å². The lowest BCUT2D eigenvalue weighted by Gasteiger charge is -2.15. The van der Waals surface area contributed by atoms with Gasteiger partial charge >= 0.3 is 13.8 Å². The number of carbonyl (C=O) groups excluding carboxylic acids is 2. The van der Waals surface area contributed by atoms with Gasteiger partial charge in [0.15, 0.2) is 0 Å². The predicted octanol–water partition coefficient (Wildman–Crippen LogP) is 9.71. The number of nitrogens with one attached hydrogen (secondary N) is 1. The second kappa shape index (κ2) is 33.9. The van der Waals surface area contributed by atoms with Crippen LogP contribution in [0.5, 0.6) is 0 Å². The number of rotatable bonds is 36. The highest BCUT2D eigenvalue weighted by Gasteiger charge is 2.23. The molecule has 0 saturated heterocycles. The van der Waals surface area contributed by atoms with Crippen molar-refractivity contribution < 1.29 is 37.9 Å². The number of phosphoric acid groups is 1. The molecule has 9 nitrogen and oxygen atoms in total. The Hall–Kier alpha value is -0.990. The first-order valence-corrected chi connectivity index (χ1v) is 20.5. The maximum Gasteiger partial charge on any atom is 0.472 e. The molecule has 0 aliphatic rings. The Morgan fingerprint density at radius 2 is 0.978 bits per heavy atom. The number of unbranched alkanes of at least 4 members (excludes halogenated alkanes) is 23. The zero-order chi connectivity index (χ0) is 34.0. The smallest absolute Gasteiger partial charge is 0.463 e. The van der Waals surface area contributed by atoms with Gasteiger partial charge in [-0.25, -0.2) is 4.57 Å². The molecule has 0 heterocycles. The van der Waals surface area contributed by atoms with Crippen LogP contribution in [0.4, 0.5) is 0 Å². The largest absolute Gasteiger partial charge is 0.472 e. The van der Waals surface area contributed by atoms with Crippen molar-refractivity contribution >= 4 is 19.7 Å².